The van der Waals surface area contributed by atoms with E-state index >= 15 is 0 Å². The molecule has 0 amide bonds. The zero-order chi connectivity index (χ0) is 25.9. The molecule has 0 radical (unpaired) electrons. The molecular weight excluding hydrogens is 466 g/mol. The number of pyridine rings is 1. The number of hydrogen-bond acceptors (Lipinski definition) is 5. The van der Waals surface area contributed by atoms with E-state index in [0.29, 0.717) is 30.2 Å². The van der Waals surface area contributed by atoms with E-state index in [0.717, 1.165) is 33.9 Å². The number of anilines is 1. The molecule has 2 aromatic heterocycles. The van der Waals surface area contributed by atoms with Gasteiger partial charge in [0, 0.05) is 68.9 Å². The van der Waals surface area contributed by atoms with Crippen LogP contribution in [-0.4, -0.2) is 51.2 Å². The van der Waals surface area contributed by atoms with E-state index in [1.54, 1.807) is 13.2 Å². The van der Waals surface area contributed by atoms with Crippen LogP contribution in [0.15, 0.2) is 67.0 Å². The third-order valence-corrected chi connectivity index (χ3v) is 7.94. The molecule has 36 heavy (non-hydrogen) atoms. The summed E-state index contributed by atoms with van der Waals surface area (Å²) in [6.45, 7) is 8.06. The normalized spacial score (nSPS) is 11.6. The van der Waals surface area contributed by atoms with Crippen LogP contribution in [0.3, 0.4) is 0 Å². The fourth-order valence-corrected chi connectivity index (χ4v) is 4.78. The van der Waals surface area contributed by atoms with E-state index in [1.165, 1.54) is 0 Å². The number of carbonyl (C=O) groups excluding carboxylic acids is 1. The van der Waals surface area contributed by atoms with Gasteiger partial charge >= 0.3 is 0 Å². The van der Waals surface area contributed by atoms with Gasteiger partial charge in [-0.25, -0.2) is 4.98 Å². The molecule has 0 bridgehead atoms. The first-order valence-corrected chi connectivity index (χ1v) is 15.9. The smallest absolute Gasteiger partial charge is 0.195 e. The van der Waals surface area contributed by atoms with Gasteiger partial charge in [0.05, 0.1) is 7.11 Å². The molecule has 7 heteroatoms. The molecule has 2 aromatic carbocycles. The van der Waals surface area contributed by atoms with Gasteiger partial charge in [-0.3, -0.25) is 4.79 Å². The number of nitrogens with zero attached hydrogens (tertiary/aromatic N) is 3. The van der Waals surface area contributed by atoms with Gasteiger partial charge in [0.15, 0.2) is 5.78 Å². The first kappa shape index (κ1) is 25.7. The minimum Gasteiger partial charge on any atom is -0.497 e. The SMILES string of the molecule is COc1cccc(C(=O)c2cn(COCC[Si](C)(C)C)c3ncc(-c4ccc(N(C)C)cc4)cc23)c1. The highest BCUT2D eigenvalue weighted by Gasteiger charge is 2.20. The minimum atomic E-state index is -1.19. The molecule has 4 aromatic rings. The second-order valence-corrected chi connectivity index (χ2v) is 16.1. The van der Waals surface area contributed by atoms with Crippen LogP contribution in [0.1, 0.15) is 15.9 Å². The molecular formula is C29H35N3O3Si. The average Bonchev–Trinajstić information content (AvgIpc) is 3.23. The van der Waals surface area contributed by atoms with Crippen molar-refractivity contribution >= 4 is 30.6 Å². The Hall–Kier alpha value is -3.42. The van der Waals surface area contributed by atoms with Crippen molar-refractivity contribution < 1.29 is 14.3 Å². The Balaban J connectivity index is 1.73. The van der Waals surface area contributed by atoms with E-state index in [2.05, 4.69) is 54.9 Å². The van der Waals surface area contributed by atoms with Gasteiger partial charge in [-0.15, -0.1) is 0 Å². The molecule has 188 valence electrons. The first-order valence-electron chi connectivity index (χ1n) is 12.2. The fraction of sp³-hybridized carbons (Fsp3) is 0.310. The Morgan fingerprint density at radius 2 is 1.78 bits per heavy atom. The predicted octanol–water partition coefficient (Wildman–Crippen LogP) is 6.32. The standard InChI is InChI=1S/C29H35N3O3Si/c1-31(2)24-12-10-21(11-13-24)23-17-26-27(28(33)22-8-7-9-25(16-22)34-3)19-32(29(26)30-18-23)20-35-14-15-36(4,5)6/h7-13,16-19H,14-15,20H2,1-6H3. The Morgan fingerprint density at radius 3 is 2.44 bits per heavy atom. The summed E-state index contributed by atoms with van der Waals surface area (Å²) < 4.78 is 13.3. The van der Waals surface area contributed by atoms with Gasteiger partial charge in [-0.1, -0.05) is 43.9 Å². The number of carbonyl (C=O) groups is 1. The number of benzene rings is 2. The second kappa shape index (κ2) is 10.7. The molecule has 0 unspecified atom stereocenters. The van der Waals surface area contributed by atoms with Crippen LogP contribution in [0.5, 0.6) is 5.75 Å². The molecule has 0 atom stereocenters. The highest BCUT2D eigenvalue weighted by atomic mass is 28.3. The largest absolute Gasteiger partial charge is 0.497 e. The van der Waals surface area contributed by atoms with Crippen LogP contribution in [0.2, 0.25) is 25.7 Å². The summed E-state index contributed by atoms with van der Waals surface area (Å²) >= 11 is 0. The summed E-state index contributed by atoms with van der Waals surface area (Å²) in [5.74, 6) is 0.584. The van der Waals surface area contributed by atoms with Gasteiger partial charge in [0.1, 0.15) is 18.1 Å². The maximum atomic E-state index is 13.6. The van der Waals surface area contributed by atoms with Gasteiger partial charge in [-0.2, -0.15) is 0 Å². The number of fused-ring (bicyclic) bond motifs is 1. The van der Waals surface area contributed by atoms with E-state index in [-0.39, 0.29) is 5.78 Å². The molecule has 0 saturated heterocycles. The second-order valence-electron chi connectivity index (χ2n) is 10.5. The van der Waals surface area contributed by atoms with Crippen molar-refractivity contribution in [3.05, 3.63) is 78.1 Å². The molecule has 0 fully saturated rings. The number of rotatable bonds is 10. The van der Waals surface area contributed by atoms with Gasteiger partial charge in [-0.05, 0) is 41.9 Å². The number of ketones is 1. The number of ether oxygens (including phenoxy) is 2. The number of hydrogen-bond donors (Lipinski definition) is 0. The molecule has 0 aliphatic carbocycles. The molecule has 4 rings (SSSR count). The number of aromatic nitrogens is 2. The van der Waals surface area contributed by atoms with Crippen LogP contribution in [0.4, 0.5) is 5.69 Å². The lowest BCUT2D eigenvalue weighted by molar-refractivity contribution is 0.0896. The third kappa shape index (κ3) is 5.86. The summed E-state index contributed by atoms with van der Waals surface area (Å²) in [5.41, 5.74) is 5.06. The third-order valence-electron chi connectivity index (χ3n) is 6.23. The highest BCUT2D eigenvalue weighted by molar-refractivity contribution is 6.76. The molecule has 0 saturated carbocycles. The van der Waals surface area contributed by atoms with Crippen LogP contribution >= 0.6 is 0 Å². The van der Waals surface area contributed by atoms with Crippen molar-refractivity contribution in [3.8, 4) is 16.9 Å². The highest BCUT2D eigenvalue weighted by Crippen LogP contribution is 2.29. The fourth-order valence-electron chi connectivity index (χ4n) is 4.02. The average molecular weight is 502 g/mol. The summed E-state index contributed by atoms with van der Waals surface area (Å²) in [7, 11) is 4.45. The summed E-state index contributed by atoms with van der Waals surface area (Å²) in [6, 6.07) is 18.7. The topological polar surface area (TPSA) is 56.6 Å². The summed E-state index contributed by atoms with van der Waals surface area (Å²) in [6.07, 6.45) is 3.73. The number of methoxy groups -OCH3 is 1. The maximum absolute atomic E-state index is 13.6. The zero-order valence-electron chi connectivity index (χ0n) is 22.0. The first-order chi connectivity index (χ1) is 17.2. The van der Waals surface area contributed by atoms with E-state index < -0.39 is 8.07 Å². The van der Waals surface area contributed by atoms with Gasteiger partial charge in [0.25, 0.3) is 0 Å². The van der Waals surface area contributed by atoms with Crippen LogP contribution in [0.25, 0.3) is 22.2 Å². The van der Waals surface area contributed by atoms with Crippen molar-refractivity contribution in [2.75, 3.05) is 32.7 Å². The molecule has 6 nitrogen and oxygen atoms in total. The predicted molar refractivity (Wildman–Crippen MR) is 150 cm³/mol. The zero-order valence-corrected chi connectivity index (χ0v) is 23.0. The molecule has 0 aliphatic heterocycles. The van der Waals surface area contributed by atoms with Crippen molar-refractivity contribution in [1.29, 1.82) is 0 Å². The van der Waals surface area contributed by atoms with Crippen LogP contribution < -0.4 is 9.64 Å². The van der Waals surface area contributed by atoms with Crippen molar-refractivity contribution in [2.24, 2.45) is 0 Å². The summed E-state index contributed by atoms with van der Waals surface area (Å²) in [4.78, 5) is 20.5. The molecule has 0 N–H and O–H groups in total. The monoisotopic (exact) mass is 501 g/mol. The minimum absolute atomic E-state index is 0.0679. The maximum Gasteiger partial charge on any atom is 0.195 e. The van der Waals surface area contributed by atoms with Crippen LogP contribution in [0, 0.1) is 0 Å². The van der Waals surface area contributed by atoms with Crippen molar-refractivity contribution in [2.45, 2.75) is 32.4 Å². The Bertz CT molecular complexity index is 1350. The lowest BCUT2D eigenvalue weighted by Gasteiger charge is -2.15. The van der Waals surface area contributed by atoms with E-state index in [9.17, 15) is 4.79 Å². The quantitative estimate of drug-likeness (QED) is 0.145. The Kier molecular flexibility index (Phi) is 7.61. The van der Waals surface area contributed by atoms with E-state index in [4.69, 9.17) is 14.5 Å². The van der Waals surface area contributed by atoms with E-state index in [1.807, 2.05) is 49.3 Å². The van der Waals surface area contributed by atoms with Crippen LogP contribution in [-0.2, 0) is 11.5 Å². The van der Waals surface area contributed by atoms with Crippen molar-refractivity contribution in [3.63, 3.8) is 0 Å². The summed E-state index contributed by atoms with van der Waals surface area (Å²) in [5, 5.41) is 0.811. The molecule has 0 aliphatic rings. The molecule has 0 spiro atoms. The molecule has 2 heterocycles. The lowest BCUT2D eigenvalue weighted by Crippen LogP contribution is -2.22. The van der Waals surface area contributed by atoms with Crippen molar-refractivity contribution in [1.82, 2.24) is 9.55 Å². The Morgan fingerprint density at radius 1 is 1.03 bits per heavy atom. The Labute approximate surface area is 214 Å². The van der Waals surface area contributed by atoms with Gasteiger partial charge < -0.3 is 18.9 Å². The van der Waals surface area contributed by atoms with Gasteiger partial charge in [0.2, 0.25) is 0 Å². The lowest BCUT2D eigenvalue weighted by atomic mass is 10.0.